The van der Waals surface area contributed by atoms with Gasteiger partial charge in [0, 0.05) is 10.2 Å². The van der Waals surface area contributed by atoms with Crippen LogP contribution >= 0.6 is 15.9 Å². The number of anilines is 1. The van der Waals surface area contributed by atoms with Crippen LogP contribution in [-0.4, -0.2) is 0 Å². The predicted molar refractivity (Wildman–Crippen MR) is 84.4 cm³/mol. The van der Waals surface area contributed by atoms with Crippen molar-refractivity contribution in [2.75, 3.05) is 5.32 Å². The second-order valence-corrected chi connectivity index (χ2v) is 6.33. The Labute approximate surface area is 127 Å². The molecule has 0 radical (unpaired) electrons. The molecule has 0 bridgehead atoms. The van der Waals surface area contributed by atoms with E-state index in [9.17, 15) is 4.39 Å². The lowest BCUT2D eigenvalue weighted by Crippen LogP contribution is -2.13. The van der Waals surface area contributed by atoms with Crippen molar-refractivity contribution in [3.8, 4) is 0 Å². The Morgan fingerprint density at radius 2 is 1.85 bits per heavy atom. The first-order valence-electron chi connectivity index (χ1n) is 6.91. The summed E-state index contributed by atoms with van der Waals surface area (Å²) in [6, 6.07) is 13.4. The van der Waals surface area contributed by atoms with Crippen molar-refractivity contribution in [1.29, 1.82) is 0 Å². The summed E-state index contributed by atoms with van der Waals surface area (Å²) in [5.41, 5.74) is 3.49. The van der Waals surface area contributed by atoms with Gasteiger partial charge in [-0.1, -0.05) is 28.1 Å². The van der Waals surface area contributed by atoms with Crippen molar-refractivity contribution in [2.24, 2.45) is 5.92 Å². The van der Waals surface area contributed by atoms with Crippen LogP contribution in [0.15, 0.2) is 46.9 Å². The smallest absolute Gasteiger partial charge is 0.123 e. The lowest BCUT2D eigenvalue weighted by molar-refractivity contribution is 0.622. The zero-order valence-corrected chi connectivity index (χ0v) is 13.0. The van der Waals surface area contributed by atoms with Gasteiger partial charge in [-0.15, -0.1) is 0 Å². The summed E-state index contributed by atoms with van der Waals surface area (Å²) < 4.78 is 14.2. The fraction of sp³-hybridized carbons (Fsp3) is 0.294. The molecular formula is C17H17BrFN. The molecule has 104 valence electrons. The van der Waals surface area contributed by atoms with Gasteiger partial charge in [0.15, 0.2) is 0 Å². The van der Waals surface area contributed by atoms with Gasteiger partial charge >= 0.3 is 0 Å². The van der Waals surface area contributed by atoms with E-state index >= 15 is 0 Å². The average molecular weight is 334 g/mol. The van der Waals surface area contributed by atoms with Crippen LogP contribution < -0.4 is 5.32 Å². The van der Waals surface area contributed by atoms with Gasteiger partial charge in [0.1, 0.15) is 5.82 Å². The van der Waals surface area contributed by atoms with Gasteiger partial charge in [0.05, 0.1) is 6.04 Å². The number of nitrogens with one attached hydrogen (secondary N) is 1. The van der Waals surface area contributed by atoms with Crippen LogP contribution in [0.4, 0.5) is 10.1 Å². The van der Waals surface area contributed by atoms with Gasteiger partial charge in [0.25, 0.3) is 0 Å². The van der Waals surface area contributed by atoms with E-state index in [-0.39, 0.29) is 11.9 Å². The molecule has 0 spiro atoms. The van der Waals surface area contributed by atoms with Crippen molar-refractivity contribution in [3.63, 3.8) is 0 Å². The second kappa shape index (κ2) is 5.57. The number of rotatable bonds is 4. The highest BCUT2D eigenvalue weighted by atomic mass is 79.9. The highest BCUT2D eigenvalue weighted by Gasteiger charge is 2.32. The molecule has 1 nitrogen and oxygen atoms in total. The Kier molecular flexibility index (Phi) is 3.79. The first-order chi connectivity index (χ1) is 9.63. The van der Waals surface area contributed by atoms with E-state index < -0.39 is 0 Å². The van der Waals surface area contributed by atoms with Crippen molar-refractivity contribution >= 4 is 21.6 Å². The van der Waals surface area contributed by atoms with Crippen LogP contribution in [0.2, 0.25) is 0 Å². The van der Waals surface area contributed by atoms with E-state index in [1.54, 1.807) is 12.1 Å². The van der Waals surface area contributed by atoms with Gasteiger partial charge in [-0.05, 0) is 67.1 Å². The third-order valence-electron chi connectivity index (χ3n) is 3.80. The molecule has 0 aromatic heterocycles. The predicted octanol–water partition coefficient (Wildman–Crippen LogP) is 5.46. The topological polar surface area (TPSA) is 12.0 Å². The molecule has 20 heavy (non-hydrogen) atoms. The molecule has 0 amide bonds. The van der Waals surface area contributed by atoms with Crippen molar-refractivity contribution in [3.05, 3.63) is 63.9 Å². The van der Waals surface area contributed by atoms with Gasteiger partial charge in [-0.25, -0.2) is 4.39 Å². The molecule has 1 fully saturated rings. The van der Waals surface area contributed by atoms with Gasteiger partial charge in [0.2, 0.25) is 0 Å². The van der Waals surface area contributed by atoms with Crippen LogP contribution in [0.5, 0.6) is 0 Å². The lowest BCUT2D eigenvalue weighted by atomic mass is 10.0. The third-order valence-corrected chi connectivity index (χ3v) is 4.69. The van der Waals surface area contributed by atoms with Crippen molar-refractivity contribution < 1.29 is 4.39 Å². The lowest BCUT2D eigenvalue weighted by Gasteiger charge is -2.20. The molecule has 3 heteroatoms. The maximum atomic E-state index is 13.1. The summed E-state index contributed by atoms with van der Waals surface area (Å²) in [6.07, 6.45) is 2.48. The Morgan fingerprint density at radius 1 is 1.15 bits per heavy atom. The maximum absolute atomic E-state index is 13.1. The van der Waals surface area contributed by atoms with Gasteiger partial charge < -0.3 is 5.32 Å². The number of halogens is 2. The highest BCUT2D eigenvalue weighted by molar-refractivity contribution is 9.10. The summed E-state index contributed by atoms with van der Waals surface area (Å²) >= 11 is 3.52. The maximum Gasteiger partial charge on any atom is 0.123 e. The molecule has 0 heterocycles. The number of aryl methyl sites for hydroxylation is 1. The van der Waals surface area contributed by atoms with Crippen molar-refractivity contribution in [2.45, 2.75) is 25.8 Å². The first-order valence-corrected chi connectivity index (χ1v) is 7.71. The molecular weight excluding hydrogens is 317 g/mol. The molecule has 3 rings (SSSR count). The van der Waals surface area contributed by atoms with Gasteiger partial charge in [-0.3, -0.25) is 0 Å². The van der Waals surface area contributed by atoms with E-state index in [0.717, 1.165) is 15.7 Å². The van der Waals surface area contributed by atoms with E-state index in [1.807, 2.05) is 12.1 Å². The standard InChI is InChI=1S/C17H17BrFN/c1-11-10-15(8-9-16(11)18)20-17(12-2-3-12)13-4-6-14(19)7-5-13/h4-10,12,17,20H,2-3H2,1H3. The Hall–Kier alpha value is -1.35. The van der Waals surface area contributed by atoms with Crippen molar-refractivity contribution in [1.82, 2.24) is 0 Å². The minimum Gasteiger partial charge on any atom is -0.378 e. The summed E-state index contributed by atoms with van der Waals surface area (Å²) in [7, 11) is 0. The zero-order valence-electron chi connectivity index (χ0n) is 11.4. The van der Waals surface area contributed by atoms with Crippen LogP contribution in [0.25, 0.3) is 0 Å². The quantitative estimate of drug-likeness (QED) is 0.783. The monoisotopic (exact) mass is 333 g/mol. The fourth-order valence-electron chi connectivity index (χ4n) is 2.49. The first kappa shape index (κ1) is 13.6. The molecule has 2 aromatic carbocycles. The van der Waals surface area contributed by atoms with E-state index in [1.165, 1.54) is 18.4 Å². The second-order valence-electron chi connectivity index (χ2n) is 5.47. The van der Waals surface area contributed by atoms with Crippen LogP contribution in [0.1, 0.15) is 30.0 Å². The van der Waals surface area contributed by atoms with Crippen LogP contribution in [0, 0.1) is 18.7 Å². The Balaban J connectivity index is 1.84. The molecule has 1 atom stereocenters. The minimum absolute atomic E-state index is 0.178. The largest absolute Gasteiger partial charge is 0.378 e. The minimum atomic E-state index is -0.178. The molecule has 1 N–H and O–H groups in total. The number of benzene rings is 2. The Bertz CT molecular complexity index is 605. The molecule has 0 saturated heterocycles. The highest BCUT2D eigenvalue weighted by Crippen LogP contribution is 2.43. The molecule has 1 unspecified atom stereocenters. The summed E-state index contributed by atoms with van der Waals surface area (Å²) in [5, 5.41) is 3.60. The molecule has 1 aliphatic carbocycles. The average Bonchev–Trinajstić information content (AvgIpc) is 3.26. The van der Waals surface area contributed by atoms with Crippen LogP contribution in [-0.2, 0) is 0 Å². The normalized spacial score (nSPS) is 15.9. The molecule has 2 aromatic rings. The Morgan fingerprint density at radius 3 is 2.45 bits per heavy atom. The summed E-state index contributed by atoms with van der Waals surface area (Å²) in [4.78, 5) is 0. The van der Waals surface area contributed by atoms with E-state index in [2.05, 4.69) is 46.4 Å². The van der Waals surface area contributed by atoms with Gasteiger partial charge in [-0.2, -0.15) is 0 Å². The summed E-state index contributed by atoms with van der Waals surface area (Å²) in [5.74, 6) is 0.479. The zero-order chi connectivity index (χ0) is 14.1. The fourth-order valence-corrected chi connectivity index (χ4v) is 2.73. The van der Waals surface area contributed by atoms with Crippen LogP contribution in [0.3, 0.4) is 0 Å². The van der Waals surface area contributed by atoms with E-state index in [4.69, 9.17) is 0 Å². The molecule has 1 aliphatic rings. The molecule has 0 aliphatic heterocycles. The third kappa shape index (κ3) is 3.04. The summed E-state index contributed by atoms with van der Waals surface area (Å²) in [6.45, 7) is 2.08. The SMILES string of the molecule is Cc1cc(NC(c2ccc(F)cc2)C2CC2)ccc1Br. The molecule has 1 saturated carbocycles. The number of hydrogen-bond donors (Lipinski definition) is 1. The van der Waals surface area contributed by atoms with E-state index in [0.29, 0.717) is 5.92 Å². The number of hydrogen-bond acceptors (Lipinski definition) is 1.